The summed E-state index contributed by atoms with van der Waals surface area (Å²) in [6.07, 6.45) is 4.23. The van der Waals surface area contributed by atoms with Crippen LogP contribution in [0.2, 0.25) is 0 Å². The summed E-state index contributed by atoms with van der Waals surface area (Å²) in [4.78, 5) is 41.4. The van der Waals surface area contributed by atoms with E-state index in [1.54, 1.807) is 15.9 Å². The number of carbonyl (C=O) groups is 3. The van der Waals surface area contributed by atoms with E-state index in [1.807, 2.05) is 6.92 Å². The number of ether oxygens (including phenoxy) is 1. The number of nitrogens with one attached hydrogen (secondary N) is 1. The van der Waals surface area contributed by atoms with Crippen LogP contribution in [0.3, 0.4) is 0 Å². The lowest BCUT2D eigenvalue weighted by Gasteiger charge is -2.38. The third-order valence-corrected chi connectivity index (χ3v) is 5.97. The van der Waals surface area contributed by atoms with Gasteiger partial charge in [0.05, 0.1) is 11.5 Å². The monoisotopic (exact) mass is 451 g/mol. The molecule has 2 unspecified atom stereocenters. The van der Waals surface area contributed by atoms with E-state index in [0.29, 0.717) is 38.9 Å². The lowest BCUT2D eigenvalue weighted by molar-refractivity contribution is -0.139. The van der Waals surface area contributed by atoms with E-state index in [9.17, 15) is 23.2 Å². The number of carbonyl (C=O) groups excluding carboxylic acids is 3. The fourth-order valence-corrected chi connectivity index (χ4v) is 4.46. The first-order chi connectivity index (χ1) is 15.4. The first-order valence-corrected chi connectivity index (χ1v) is 11.3. The second-order valence-corrected chi connectivity index (χ2v) is 8.41. The van der Waals surface area contributed by atoms with Crippen molar-refractivity contribution in [2.24, 2.45) is 5.92 Å². The summed E-state index contributed by atoms with van der Waals surface area (Å²) in [5, 5.41) is 3.01. The molecule has 0 saturated carbocycles. The SMILES string of the molecule is CCCC(=O)NC1CCCN(C(=O)C2CCCN(C(=O)c3ccccc3OC(F)F)C2)C1. The minimum absolute atomic E-state index is 0.00548. The predicted molar refractivity (Wildman–Crippen MR) is 114 cm³/mol. The summed E-state index contributed by atoms with van der Waals surface area (Å²) in [6, 6.07) is 5.88. The lowest BCUT2D eigenvalue weighted by atomic mass is 9.94. The van der Waals surface area contributed by atoms with Crippen LogP contribution in [0, 0.1) is 5.92 Å². The summed E-state index contributed by atoms with van der Waals surface area (Å²) in [7, 11) is 0. The number of halogens is 2. The second-order valence-electron chi connectivity index (χ2n) is 8.41. The van der Waals surface area contributed by atoms with Crippen LogP contribution in [0.1, 0.15) is 55.8 Å². The summed E-state index contributed by atoms with van der Waals surface area (Å²) >= 11 is 0. The van der Waals surface area contributed by atoms with E-state index in [1.165, 1.54) is 18.2 Å². The quantitative estimate of drug-likeness (QED) is 0.691. The Morgan fingerprint density at radius 2 is 1.81 bits per heavy atom. The number of nitrogens with zero attached hydrogens (tertiary/aromatic N) is 2. The van der Waals surface area contributed by atoms with Gasteiger partial charge in [-0.2, -0.15) is 8.78 Å². The Hall–Kier alpha value is -2.71. The molecule has 1 aromatic rings. The van der Waals surface area contributed by atoms with Crippen molar-refractivity contribution >= 4 is 17.7 Å². The lowest BCUT2D eigenvalue weighted by Crippen LogP contribution is -2.53. The van der Waals surface area contributed by atoms with E-state index in [-0.39, 0.29) is 41.6 Å². The average Bonchev–Trinajstić information content (AvgIpc) is 2.78. The molecule has 0 bridgehead atoms. The molecule has 7 nitrogen and oxygen atoms in total. The molecule has 2 fully saturated rings. The van der Waals surface area contributed by atoms with Crippen molar-refractivity contribution in [3.63, 3.8) is 0 Å². The zero-order valence-corrected chi connectivity index (χ0v) is 18.4. The number of alkyl halides is 2. The van der Waals surface area contributed by atoms with E-state index >= 15 is 0 Å². The van der Waals surface area contributed by atoms with Crippen molar-refractivity contribution in [1.82, 2.24) is 15.1 Å². The maximum atomic E-state index is 13.2. The van der Waals surface area contributed by atoms with Gasteiger partial charge in [-0.25, -0.2) is 0 Å². The van der Waals surface area contributed by atoms with Gasteiger partial charge in [-0.05, 0) is 44.2 Å². The van der Waals surface area contributed by atoms with Crippen molar-refractivity contribution < 1.29 is 27.9 Å². The molecule has 1 N–H and O–H groups in total. The highest BCUT2D eigenvalue weighted by Gasteiger charge is 2.34. The Morgan fingerprint density at radius 1 is 1.09 bits per heavy atom. The molecular weight excluding hydrogens is 420 g/mol. The van der Waals surface area contributed by atoms with Crippen LogP contribution in [0.15, 0.2) is 24.3 Å². The normalized spacial score (nSPS) is 21.4. The number of likely N-dealkylation sites (tertiary alicyclic amines) is 2. The van der Waals surface area contributed by atoms with Gasteiger partial charge in [0, 0.05) is 38.6 Å². The third-order valence-electron chi connectivity index (χ3n) is 5.97. The van der Waals surface area contributed by atoms with Crippen molar-refractivity contribution in [2.45, 2.75) is 58.1 Å². The molecule has 3 amide bonds. The van der Waals surface area contributed by atoms with Crippen molar-refractivity contribution in [3.8, 4) is 5.75 Å². The van der Waals surface area contributed by atoms with E-state index in [0.717, 1.165) is 19.3 Å². The van der Waals surface area contributed by atoms with Gasteiger partial charge in [-0.3, -0.25) is 14.4 Å². The Labute approximate surface area is 187 Å². The highest BCUT2D eigenvalue weighted by molar-refractivity contribution is 5.97. The topological polar surface area (TPSA) is 79.0 Å². The molecule has 2 heterocycles. The van der Waals surface area contributed by atoms with Gasteiger partial charge in [-0.15, -0.1) is 0 Å². The predicted octanol–water partition coefficient (Wildman–Crippen LogP) is 3.05. The number of amides is 3. The van der Waals surface area contributed by atoms with Crippen molar-refractivity contribution in [1.29, 1.82) is 0 Å². The number of benzene rings is 1. The maximum absolute atomic E-state index is 13.2. The molecule has 0 aliphatic carbocycles. The largest absolute Gasteiger partial charge is 0.434 e. The molecule has 32 heavy (non-hydrogen) atoms. The van der Waals surface area contributed by atoms with Gasteiger partial charge in [0.25, 0.3) is 5.91 Å². The molecule has 3 rings (SSSR count). The van der Waals surface area contributed by atoms with Gasteiger partial charge < -0.3 is 19.9 Å². The highest BCUT2D eigenvalue weighted by atomic mass is 19.3. The fourth-order valence-electron chi connectivity index (χ4n) is 4.46. The van der Waals surface area contributed by atoms with E-state index < -0.39 is 12.5 Å². The van der Waals surface area contributed by atoms with Crippen LogP contribution < -0.4 is 10.1 Å². The maximum Gasteiger partial charge on any atom is 0.387 e. The number of hydrogen-bond acceptors (Lipinski definition) is 4. The van der Waals surface area contributed by atoms with Crippen LogP contribution in [-0.2, 0) is 9.59 Å². The van der Waals surface area contributed by atoms with Crippen LogP contribution in [-0.4, -0.2) is 66.4 Å². The molecule has 0 aromatic heterocycles. The Bertz CT molecular complexity index is 820. The first-order valence-electron chi connectivity index (χ1n) is 11.3. The van der Waals surface area contributed by atoms with Gasteiger partial charge in [-0.1, -0.05) is 19.1 Å². The summed E-state index contributed by atoms with van der Waals surface area (Å²) in [5.41, 5.74) is 0.0672. The van der Waals surface area contributed by atoms with Gasteiger partial charge >= 0.3 is 6.61 Å². The number of para-hydroxylation sites is 1. The zero-order valence-electron chi connectivity index (χ0n) is 18.4. The number of rotatable bonds is 7. The minimum atomic E-state index is -3.02. The molecule has 9 heteroatoms. The molecule has 0 radical (unpaired) electrons. The average molecular weight is 452 g/mol. The zero-order chi connectivity index (χ0) is 23.1. The van der Waals surface area contributed by atoms with Crippen LogP contribution >= 0.6 is 0 Å². The molecule has 2 aliphatic rings. The molecule has 2 saturated heterocycles. The molecule has 2 aliphatic heterocycles. The van der Waals surface area contributed by atoms with Crippen molar-refractivity contribution in [2.75, 3.05) is 26.2 Å². The van der Waals surface area contributed by atoms with Gasteiger partial charge in [0.2, 0.25) is 11.8 Å². The Balaban J connectivity index is 1.62. The van der Waals surface area contributed by atoms with Gasteiger partial charge in [0.15, 0.2) is 0 Å². The Morgan fingerprint density at radius 3 is 2.56 bits per heavy atom. The van der Waals surface area contributed by atoms with Crippen LogP contribution in [0.4, 0.5) is 8.78 Å². The summed E-state index contributed by atoms with van der Waals surface area (Å²) < 4.78 is 29.9. The minimum Gasteiger partial charge on any atom is -0.434 e. The van der Waals surface area contributed by atoms with Gasteiger partial charge in [0.1, 0.15) is 5.75 Å². The summed E-state index contributed by atoms with van der Waals surface area (Å²) in [5.74, 6) is -0.939. The third kappa shape index (κ3) is 6.17. The van der Waals surface area contributed by atoms with Crippen molar-refractivity contribution in [3.05, 3.63) is 29.8 Å². The molecule has 0 spiro atoms. The summed E-state index contributed by atoms with van der Waals surface area (Å²) in [6.45, 7) is 0.734. The number of hydrogen-bond donors (Lipinski definition) is 1. The molecule has 176 valence electrons. The molecular formula is C23H31F2N3O4. The smallest absolute Gasteiger partial charge is 0.387 e. The molecule has 1 aromatic carbocycles. The standard InChI is InChI=1S/C23H31F2N3O4/c1-2-7-20(29)26-17-9-6-13-28(15-17)21(30)16-8-5-12-27(14-16)22(31)18-10-3-4-11-19(18)32-23(24)25/h3-4,10-11,16-17,23H,2,5-9,12-15H2,1H3,(H,26,29). The Kier molecular flexibility index (Phi) is 8.41. The van der Waals surface area contributed by atoms with E-state index in [2.05, 4.69) is 10.1 Å². The van der Waals surface area contributed by atoms with E-state index in [4.69, 9.17) is 0 Å². The first kappa shape index (κ1) is 23.9. The fraction of sp³-hybridized carbons (Fsp3) is 0.609. The van der Waals surface area contributed by atoms with Crippen LogP contribution in [0.5, 0.6) is 5.75 Å². The highest BCUT2D eigenvalue weighted by Crippen LogP contribution is 2.26. The number of piperidine rings is 2. The second kappa shape index (κ2) is 11.2. The molecule has 2 atom stereocenters. The van der Waals surface area contributed by atoms with Crippen LogP contribution in [0.25, 0.3) is 0 Å².